The molecular formula is C29H39N3O3. The molecule has 0 saturated carbocycles. The number of ether oxygens (including phenoxy) is 1. The molecule has 188 valence electrons. The van der Waals surface area contributed by atoms with Crippen molar-refractivity contribution in [2.45, 2.75) is 57.4 Å². The summed E-state index contributed by atoms with van der Waals surface area (Å²) in [5.74, 6) is 1.11. The average molecular weight is 478 g/mol. The van der Waals surface area contributed by atoms with Crippen LogP contribution in [0, 0.1) is 5.41 Å². The molecule has 1 atom stereocenters. The Labute approximate surface area is 209 Å². The maximum absolute atomic E-state index is 13.7. The van der Waals surface area contributed by atoms with Crippen LogP contribution < -0.4 is 10.5 Å². The highest BCUT2D eigenvalue weighted by molar-refractivity contribution is 5.84. The van der Waals surface area contributed by atoms with Crippen molar-refractivity contribution in [1.29, 1.82) is 0 Å². The number of piperidine rings is 1. The molecule has 2 aromatic rings. The molecule has 0 radical (unpaired) electrons. The molecule has 6 heteroatoms. The molecule has 0 unspecified atom stereocenters. The fourth-order valence-corrected chi connectivity index (χ4v) is 5.52. The highest BCUT2D eigenvalue weighted by Gasteiger charge is 2.43. The van der Waals surface area contributed by atoms with Crippen LogP contribution >= 0.6 is 0 Å². The smallest absolute Gasteiger partial charge is 0.239 e. The Kier molecular flexibility index (Phi) is 8.45. The number of nitrogens with two attached hydrogens (primary N) is 1. The second kappa shape index (κ2) is 11.7. The standard InChI is InChI=1S/C29H39N3O3/c1-31-20-21-35-26-14-8-7-13-24(26)12-6-3-9-15-29(28(31)34)16-18-32(19-17-29)27(33)25(30)22-23-10-4-2-5-11-23/h2,4-5,7-8,10-11,13-14,25H,3,6,9,12,15-22,30H2,1H3/t25-/m1/s1. The van der Waals surface area contributed by atoms with Gasteiger partial charge in [0.25, 0.3) is 0 Å². The molecule has 0 aliphatic carbocycles. The van der Waals surface area contributed by atoms with Crippen LogP contribution in [-0.2, 0) is 22.4 Å². The van der Waals surface area contributed by atoms with E-state index in [0.717, 1.165) is 43.4 Å². The Bertz CT molecular complexity index is 986. The predicted octanol–water partition coefficient (Wildman–Crippen LogP) is 3.82. The number of hydrogen-bond donors (Lipinski definition) is 1. The lowest BCUT2D eigenvalue weighted by Gasteiger charge is -2.43. The van der Waals surface area contributed by atoms with Crippen molar-refractivity contribution in [3.63, 3.8) is 0 Å². The van der Waals surface area contributed by atoms with E-state index in [4.69, 9.17) is 10.5 Å². The molecule has 2 aliphatic rings. The summed E-state index contributed by atoms with van der Waals surface area (Å²) in [5.41, 5.74) is 8.19. The minimum Gasteiger partial charge on any atom is -0.491 e. The number of hydrogen-bond acceptors (Lipinski definition) is 4. The summed E-state index contributed by atoms with van der Waals surface area (Å²) in [6.07, 6.45) is 6.97. The third-order valence-electron chi connectivity index (χ3n) is 7.71. The molecule has 1 spiro atoms. The van der Waals surface area contributed by atoms with Crippen LogP contribution in [0.4, 0.5) is 0 Å². The van der Waals surface area contributed by atoms with Crippen LogP contribution in [-0.4, -0.2) is 60.9 Å². The van der Waals surface area contributed by atoms with Crippen molar-refractivity contribution in [3.05, 3.63) is 65.7 Å². The Morgan fingerprint density at radius 1 is 0.971 bits per heavy atom. The number of likely N-dealkylation sites (tertiary alicyclic amines) is 1. The number of aryl methyl sites for hydroxylation is 1. The molecule has 2 heterocycles. The maximum Gasteiger partial charge on any atom is 0.239 e. The zero-order valence-electron chi connectivity index (χ0n) is 21.0. The van der Waals surface area contributed by atoms with Gasteiger partial charge in [0.05, 0.1) is 18.0 Å². The molecular weight excluding hydrogens is 438 g/mol. The first kappa shape index (κ1) is 25.2. The second-order valence-corrected chi connectivity index (χ2v) is 10.1. The van der Waals surface area contributed by atoms with Crippen molar-refractivity contribution in [2.24, 2.45) is 11.1 Å². The lowest BCUT2D eigenvalue weighted by atomic mass is 9.73. The van der Waals surface area contributed by atoms with Crippen molar-refractivity contribution in [1.82, 2.24) is 9.80 Å². The van der Waals surface area contributed by atoms with E-state index in [1.54, 1.807) is 0 Å². The SMILES string of the molecule is CN1CCOc2ccccc2CCCCCC2(CCN(C(=O)[C@H](N)Cc3ccccc3)CC2)C1=O. The van der Waals surface area contributed by atoms with E-state index in [1.807, 2.05) is 59.3 Å². The van der Waals surface area contributed by atoms with Gasteiger partial charge < -0.3 is 20.3 Å². The zero-order chi connectivity index (χ0) is 24.7. The van der Waals surface area contributed by atoms with E-state index in [-0.39, 0.29) is 11.8 Å². The average Bonchev–Trinajstić information content (AvgIpc) is 2.89. The maximum atomic E-state index is 13.7. The topological polar surface area (TPSA) is 75.9 Å². The highest BCUT2D eigenvalue weighted by atomic mass is 16.5. The summed E-state index contributed by atoms with van der Waals surface area (Å²) in [6, 6.07) is 17.6. The zero-order valence-corrected chi connectivity index (χ0v) is 21.0. The van der Waals surface area contributed by atoms with E-state index in [2.05, 4.69) is 12.1 Å². The number of nitrogens with zero attached hydrogens (tertiary/aromatic N) is 2. The van der Waals surface area contributed by atoms with Gasteiger partial charge in [0, 0.05) is 20.1 Å². The summed E-state index contributed by atoms with van der Waals surface area (Å²) < 4.78 is 6.06. The third kappa shape index (κ3) is 6.23. The molecule has 4 rings (SSSR count). The van der Waals surface area contributed by atoms with Crippen LogP contribution in [0.3, 0.4) is 0 Å². The van der Waals surface area contributed by atoms with E-state index < -0.39 is 11.5 Å². The normalized spacial score (nSPS) is 20.1. The molecule has 35 heavy (non-hydrogen) atoms. The number of likely N-dealkylation sites (N-methyl/N-ethyl adjacent to an activating group) is 1. The number of carbonyl (C=O) groups is 2. The van der Waals surface area contributed by atoms with Gasteiger partial charge in [-0.05, 0) is 55.7 Å². The van der Waals surface area contributed by atoms with Crippen LogP contribution in [0.15, 0.2) is 54.6 Å². The Morgan fingerprint density at radius 2 is 1.69 bits per heavy atom. The van der Waals surface area contributed by atoms with Gasteiger partial charge in [-0.25, -0.2) is 0 Å². The molecule has 6 nitrogen and oxygen atoms in total. The van der Waals surface area contributed by atoms with Crippen LogP contribution in [0.2, 0.25) is 0 Å². The predicted molar refractivity (Wildman–Crippen MR) is 138 cm³/mol. The first-order chi connectivity index (χ1) is 17.0. The molecule has 1 saturated heterocycles. The number of rotatable bonds is 3. The fourth-order valence-electron chi connectivity index (χ4n) is 5.52. The van der Waals surface area contributed by atoms with Crippen molar-refractivity contribution in [2.75, 3.05) is 33.3 Å². The van der Waals surface area contributed by atoms with E-state index in [0.29, 0.717) is 45.5 Å². The van der Waals surface area contributed by atoms with Gasteiger partial charge in [0.1, 0.15) is 12.4 Å². The lowest BCUT2D eigenvalue weighted by Crippen LogP contribution is -2.54. The van der Waals surface area contributed by atoms with Gasteiger partial charge >= 0.3 is 0 Å². The molecule has 0 aromatic heterocycles. The molecule has 2 N–H and O–H groups in total. The fraction of sp³-hybridized carbons (Fsp3) is 0.517. The Balaban J connectivity index is 1.39. The van der Waals surface area contributed by atoms with Gasteiger partial charge in [-0.15, -0.1) is 0 Å². The van der Waals surface area contributed by atoms with Crippen LogP contribution in [0.25, 0.3) is 0 Å². The van der Waals surface area contributed by atoms with E-state index in [1.165, 1.54) is 5.56 Å². The monoisotopic (exact) mass is 477 g/mol. The minimum atomic E-state index is -0.552. The molecule has 1 fully saturated rings. The van der Waals surface area contributed by atoms with Crippen LogP contribution in [0.1, 0.15) is 49.7 Å². The van der Waals surface area contributed by atoms with Gasteiger partial charge in [-0.1, -0.05) is 61.4 Å². The first-order valence-corrected chi connectivity index (χ1v) is 13.0. The van der Waals surface area contributed by atoms with Crippen molar-refractivity contribution in [3.8, 4) is 5.75 Å². The van der Waals surface area contributed by atoms with Gasteiger partial charge in [-0.2, -0.15) is 0 Å². The van der Waals surface area contributed by atoms with Gasteiger partial charge in [0.2, 0.25) is 11.8 Å². The third-order valence-corrected chi connectivity index (χ3v) is 7.71. The quantitative estimate of drug-likeness (QED) is 0.729. The lowest BCUT2D eigenvalue weighted by molar-refractivity contribution is -0.148. The van der Waals surface area contributed by atoms with Gasteiger partial charge in [0.15, 0.2) is 0 Å². The summed E-state index contributed by atoms with van der Waals surface area (Å²) in [4.78, 5) is 30.4. The Hall–Kier alpha value is -2.86. The molecule has 2 amide bonds. The number of para-hydroxylation sites is 1. The molecule has 2 aromatic carbocycles. The first-order valence-electron chi connectivity index (χ1n) is 13.0. The van der Waals surface area contributed by atoms with Crippen LogP contribution in [0.5, 0.6) is 5.75 Å². The van der Waals surface area contributed by atoms with E-state index >= 15 is 0 Å². The highest BCUT2D eigenvalue weighted by Crippen LogP contribution is 2.39. The van der Waals surface area contributed by atoms with Crippen molar-refractivity contribution < 1.29 is 14.3 Å². The van der Waals surface area contributed by atoms with Crippen molar-refractivity contribution >= 4 is 11.8 Å². The number of carbonyl (C=O) groups excluding carboxylic acids is 2. The van der Waals surface area contributed by atoms with Gasteiger partial charge in [-0.3, -0.25) is 9.59 Å². The summed E-state index contributed by atoms with van der Waals surface area (Å²) in [6.45, 7) is 2.21. The summed E-state index contributed by atoms with van der Waals surface area (Å²) in [7, 11) is 1.88. The summed E-state index contributed by atoms with van der Waals surface area (Å²) in [5, 5.41) is 0. The number of fused-ring (bicyclic) bond motifs is 1. The summed E-state index contributed by atoms with van der Waals surface area (Å²) >= 11 is 0. The number of amides is 2. The number of benzene rings is 2. The largest absolute Gasteiger partial charge is 0.491 e. The Morgan fingerprint density at radius 3 is 2.46 bits per heavy atom. The molecule has 0 bridgehead atoms. The van der Waals surface area contributed by atoms with E-state index in [9.17, 15) is 9.59 Å². The second-order valence-electron chi connectivity index (χ2n) is 10.1. The minimum absolute atomic E-state index is 0.0136. The molecule has 2 aliphatic heterocycles.